The van der Waals surface area contributed by atoms with Gasteiger partial charge in [0, 0.05) is 19.3 Å². The maximum absolute atomic E-state index is 11.7. The topological polar surface area (TPSA) is 55.6 Å². The number of amides is 1. The molecule has 0 aliphatic carbocycles. The molecule has 1 aromatic rings. The van der Waals surface area contributed by atoms with Gasteiger partial charge in [-0.2, -0.15) is 0 Å². The Morgan fingerprint density at radius 3 is 2.63 bits per heavy atom. The van der Waals surface area contributed by atoms with Crippen molar-refractivity contribution in [3.8, 4) is 0 Å². The first-order valence-electron chi connectivity index (χ1n) is 6.56. The zero-order valence-corrected chi connectivity index (χ0v) is 12.3. The van der Waals surface area contributed by atoms with Crippen molar-refractivity contribution in [2.45, 2.75) is 39.2 Å². The lowest BCUT2D eigenvalue weighted by molar-refractivity contribution is 0.0297. The molecule has 0 saturated carbocycles. The zero-order valence-electron chi connectivity index (χ0n) is 12.3. The number of benzene rings is 1. The van der Waals surface area contributed by atoms with Crippen LogP contribution in [-0.2, 0) is 11.2 Å². The fraction of sp³-hybridized carbons (Fsp3) is 0.533. The minimum absolute atomic E-state index is 0.278. The SMILES string of the molecule is CN(CCCc1cccc(N)c1)C(=O)OC(C)(C)C. The van der Waals surface area contributed by atoms with Gasteiger partial charge in [0.15, 0.2) is 0 Å². The largest absolute Gasteiger partial charge is 0.444 e. The van der Waals surface area contributed by atoms with E-state index in [9.17, 15) is 4.79 Å². The molecule has 1 rings (SSSR count). The van der Waals surface area contributed by atoms with Crippen molar-refractivity contribution >= 4 is 11.8 Å². The summed E-state index contributed by atoms with van der Waals surface area (Å²) in [6.07, 6.45) is 1.51. The van der Waals surface area contributed by atoms with Crippen LogP contribution in [0.1, 0.15) is 32.8 Å². The molecule has 106 valence electrons. The molecule has 0 aliphatic rings. The molecule has 0 fully saturated rings. The Hall–Kier alpha value is -1.71. The van der Waals surface area contributed by atoms with Gasteiger partial charge in [0.2, 0.25) is 0 Å². The van der Waals surface area contributed by atoms with Crippen LogP contribution >= 0.6 is 0 Å². The van der Waals surface area contributed by atoms with E-state index in [4.69, 9.17) is 10.5 Å². The van der Waals surface area contributed by atoms with Crippen LogP contribution in [0.25, 0.3) is 0 Å². The van der Waals surface area contributed by atoms with E-state index in [0.29, 0.717) is 6.54 Å². The van der Waals surface area contributed by atoms with Crippen LogP contribution in [0.15, 0.2) is 24.3 Å². The summed E-state index contributed by atoms with van der Waals surface area (Å²) in [5.74, 6) is 0. The van der Waals surface area contributed by atoms with Gasteiger partial charge in [-0.25, -0.2) is 4.79 Å². The van der Waals surface area contributed by atoms with Gasteiger partial charge in [-0.15, -0.1) is 0 Å². The van der Waals surface area contributed by atoms with Gasteiger partial charge < -0.3 is 15.4 Å². The number of anilines is 1. The van der Waals surface area contributed by atoms with E-state index in [-0.39, 0.29) is 6.09 Å². The third-order valence-electron chi connectivity index (χ3n) is 2.62. The fourth-order valence-corrected chi connectivity index (χ4v) is 1.70. The summed E-state index contributed by atoms with van der Waals surface area (Å²) in [7, 11) is 1.76. The van der Waals surface area contributed by atoms with E-state index in [0.717, 1.165) is 18.5 Å². The van der Waals surface area contributed by atoms with Crippen LogP contribution in [-0.4, -0.2) is 30.2 Å². The Morgan fingerprint density at radius 1 is 1.37 bits per heavy atom. The number of nitrogens with zero attached hydrogens (tertiary/aromatic N) is 1. The molecular weight excluding hydrogens is 240 g/mol. The zero-order chi connectivity index (χ0) is 14.5. The minimum atomic E-state index is -0.445. The second-order valence-corrected chi connectivity index (χ2v) is 5.75. The van der Waals surface area contributed by atoms with Crippen LogP contribution in [0, 0.1) is 0 Å². The molecule has 0 atom stereocenters. The number of hydrogen-bond acceptors (Lipinski definition) is 3. The molecule has 1 amide bonds. The van der Waals surface area contributed by atoms with Crippen molar-refractivity contribution in [3.63, 3.8) is 0 Å². The average Bonchev–Trinajstić information content (AvgIpc) is 2.26. The second kappa shape index (κ2) is 6.45. The average molecular weight is 264 g/mol. The Balaban J connectivity index is 2.34. The van der Waals surface area contributed by atoms with Gasteiger partial charge in [-0.1, -0.05) is 12.1 Å². The first-order chi connectivity index (χ1) is 8.78. The van der Waals surface area contributed by atoms with Gasteiger partial charge in [0.25, 0.3) is 0 Å². The fourth-order valence-electron chi connectivity index (χ4n) is 1.70. The van der Waals surface area contributed by atoms with Gasteiger partial charge >= 0.3 is 6.09 Å². The monoisotopic (exact) mass is 264 g/mol. The number of rotatable bonds is 4. The van der Waals surface area contributed by atoms with E-state index in [1.54, 1.807) is 11.9 Å². The highest BCUT2D eigenvalue weighted by Crippen LogP contribution is 2.11. The number of nitrogen functional groups attached to an aromatic ring is 1. The van der Waals surface area contributed by atoms with Crippen molar-refractivity contribution in [2.75, 3.05) is 19.3 Å². The molecule has 0 heterocycles. The summed E-state index contributed by atoms with van der Waals surface area (Å²) in [4.78, 5) is 13.3. The van der Waals surface area contributed by atoms with E-state index < -0.39 is 5.60 Å². The minimum Gasteiger partial charge on any atom is -0.444 e. The lowest BCUT2D eigenvalue weighted by atomic mass is 10.1. The van der Waals surface area contributed by atoms with Gasteiger partial charge in [-0.3, -0.25) is 0 Å². The van der Waals surface area contributed by atoms with E-state index in [2.05, 4.69) is 0 Å². The van der Waals surface area contributed by atoms with Crippen LogP contribution < -0.4 is 5.73 Å². The van der Waals surface area contributed by atoms with Crippen LogP contribution in [0.3, 0.4) is 0 Å². The van der Waals surface area contributed by atoms with Crippen LogP contribution in [0.2, 0.25) is 0 Å². The Labute approximate surface area is 115 Å². The number of carbonyl (C=O) groups excluding carboxylic acids is 1. The summed E-state index contributed by atoms with van der Waals surface area (Å²) < 4.78 is 5.29. The standard InChI is InChI=1S/C15H24N2O2/c1-15(2,3)19-14(18)17(4)10-6-8-12-7-5-9-13(16)11-12/h5,7,9,11H,6,8,10,16H2,1-4H3. The Morgan fingerprint density at radius 2 is 2.05 bits per heavy atom. The summed E-state index contributed by atoms with van der Waals surface area (Å²) >= 11 is 0. The number of nitrogens with two attached hydrogens (primary N) is 1. The highest BCUT2D eigenvalue weighted by molar-refractivity contribution is 5.67. The van der Waals surface area contributed by atoms with Gasteiger partial charge in [0.1, 0.15) is 5.60 Å². The smallest absolute Gasteiger partial charge is 0.410 e. The molecular formula is C15H24N2O2. The first-order valence-corrected chi connectivity index (χ1v) is 6.56. The molecule has 0 aromatic heterocycles. The van der Waals surface area contributed by atoms with Crippen molar-refractivity contribution in [3.05, 3.63) is 29.8 Å². The van der Waals surface area contributed by atoms with Crippen LogP contribution in [0.5, 0.6) is 0 Å². The molecule has 2 N–H and O–H groups in total. The number of ether oxygens (including phenoxy) is 1. The van der Waals surface area contributed by atoms with Gasteiger partial charge in [0.05, 0.1) is 0 Å². The maximum Gasteiger partial charge on any atom is 0.410 e. The third-order valence-corrected chi connectivity index (χ3v) is 2.62. The van der Waals surface area contributed by atoms with Crippen molar-refractivity contribution < 1.29 is 9.53 Å². The molecule has 0 bridgehead atoms. The third kappa shape index (κ3) is 6.13. The summed E-state index contributed by atoms with van der Waals surface area (Å²) in [5.41, 5.74) is 7.25. The highest BCUT2D eigenvalue weighted by atomic mass is 16.6. The highest BCUT2D eigenvalue weighted by Gasteiger charge is 2.18. The van der Waals surface area contributed by atoms with Crippen molar-refractivity contribution in [1.82, 2.24) is 4.90 Å². The second-order valence-electron chi connectivity index (χ2n) is 5.75. The number of aryl methyl sites for hydroxylation is 1. The van der Waals surface area contributed by atoms with Gasteiger partial charge in [-0.05, 0) is 51.3 Å². The molecule has 0 unspecified atom stereocenters. The lowest BCUT2D eigenvalue weighted by Crippen LogP contribution is -2.34. The predicted octanol–water partition coefficient (Wildman–Crippen LogP) is 3.07. The summed E-state index contributed by atoms with van der Waals surface area (Å²) in [6.45, 7) is 6.27. The van der Waals surface area contributed by atoms with E-state index >= 15 is 0 Å². The lowest BCUT2D eigenvalue weighted by Gasteiger charge is -2.24. The Bertz CT molecular complexity index is 424. The molecule has 4 heteroatoms. The first kappa shape index (κ1) is 15.3. The Kier molecular flexibility index (Phi) is 5.21. The molecule has 1 aromatic carbocycles. The molecule has 0 radical (unpaired) electrons. The van der Waals surface area contributed by atoms with Crippen molar-refractivity contribution in [2.24, 2.45) is 0 Å². The number of carbonyl (C=O) groups is 1. The van der Waals surface area contributed by atoms with E-state index in [1.165, 1.54) is 5.56 Å². The molecule has 0 saturated heterocycles. The molecule has 19 heavy (non-hydrogen) atoms. The molecule has 0 spiro atoms. The summed E-state index contributed by atoms with van der Waals surface area (Å²) in [5, 5.41) is 0. The summed E-state index contributed by atoms with van der Waals surface area (Å²) in [6, 6.07) is 7.83. The van der Waals surface area contributed by atoms with Crippen molar-refractivity contribution in [1.29, 1.82) is 0 Å². The predicted molar refractivity (Wildman–Crippen MR) is 78.0 cm³/mol. The van der Waals surface area contributed by atoms with E-state index in [1.807, 2.05) is 45.0 Å². The molecule has 4 nitrogen and oxygen atoms in total. The quantitative estimate of drug-likeness (QED) is 0.850. The van der Waals surface area contributed by atoms with Crippen LogP contribution in [0.4, 0.5) is 10.5 Å². The molecule has 0 aliphatic heterocycles. The normalized spacial score (nSPS) is 11.2. The maximum atomic E-state index is 11.7. The number of hydrogen-bond donors (Lipinski definition) is 1.